The van der Waals surface area contributed by atoms with E-state index in [9.17, 15) is 119 Å². The Morgan fingerprint density at radius 1 is 0.367 bits per heavy atom. The maximum Gasteiger partial charge on any atom is 0.397 e. The Kier molecular flexibility index (Phi) is 26.2. The smallest absolute Gasteiger partial charge is 0.394 e. The molecule has 42 heteroatoms. The molecule has 0 aromatic carbocycles. The number of hydrogen-bond donors (Lipinski definition) is 22. The van der Waals surface area contributed by atoms with Gasteiger partial charge < -0.3 is 169 Å². The minimum atomic E-state index is -5.21. The fraction of sp³-hybridized carbons (Fsp3) is 0.938. The summed E-state index contributed by atoms with van der Waals surface area (Å²) in [6.45, 7) is -2.01. The highest BCUT2D eigenvalue weighted by atomic mass is 32.3. The number of ether oxygens (including phenoxy) is 13. The Bertz CT molecular complexity index is 2430. The zero-order chi connectivity index (χ0) is 66.7. The summed E-state index contributed by atoms with van der Waals surface area (Å²) in [6.07, 6.45) is -63.5. The molecule has 0 unspecified atom stereocenters. The molecule has 0 spiro atoms. The van der Waals surface area contributed by atoms with E-state index < -0.39 is 283 Å². The van der Waals surface area contributed by atoms with Crippen LogP contribution in [0, 0.1) is 0 Å². The first-order chi connectivity index (χ1) is 42.2. The van der Waals surface area contributed by atoms with Gasteiger partial charge in [0.15, 0.2) is 44.0 Å². The molecule has 22 N–H and O–H groups in total. The molecule has 7 heterocycles. The zero-order valence-electron chi connectivity index (χ0n) is 48.1. The van der Waals surface area contributed by atoms with Crippen molar-refractivity contribution in [3.8, 4) is 0 Å². The van der Waals surface area contributed by atoms with Gasteiger partial charge in [-0.15, -0.1) is 0 Å². The molecule has 41 nitrogen and oxygen atoms in total. The van der Waals surface area contributed by atoms with Crippen LogP contribution in [0.25, 0.3) is 0 Å². The van der Waals surface area contributed by atoms with Crippen LogP contribution in [-0.2, 0) is 90.5 Å². The lowest BCUT2D eigenvalue weighted by Gasteiger charge is -2.50. The van der Waals surface area contributed by atoms with E-state index in [1.165, 1.54) is 6.92 Å². The maximum atomic E-state index is 12.9. The molecule has 0 aromatic rings. The topological polar surface area (TPSA) is 635 Å². The fourth-order valence-corrected chi connectivity index (χ4v) is 11.4. The maximum absolute atomic E-state index is 12.9. The van der Waals surface area contributed by atoms with Gasteiger partial charge in [-0.3, -0.25) is 18.9 Å². The molecule has 35 atom stereocenters. The summed E-state index contributed by atoms with van der Waals surface area (Å²) >= 11 is 0. The number of carbonyl (C=O) groups excluding carboxylic acids is 3. The molecule has 3 amide bonds. The molecule has 0 aliphatic carbocycles. The summed E-state index contributed by atoms with van der Waals surface area (Å²) in [4.78, 5) is 37.5. The van der Waals surface area contributed by atoms with Gasteiger partial charge in [0.2, 0.25) is 17.7 Å². The Morgan fingerprint density at radius 3 is 1.34 bits per heavy atom. The number of amides is 3. The van der Waals surface area contributed by atoms with Gasteiger partial charge in [0, 0.05) is 20.8 Å². The van der Waals surface area contributed by atoms with Gasteiger partial charge in [0.1, 0.15) is 165 Å². The van der Waals surface area contributed by atoms with Crippen molar-refractivity contribution in [3.63, 3.8) is 0 Å². The number of aliphatic hydroxyl groups excluding tert-OH is 18. The number of carbonyl (C=O) groups is 3. The van der Waals surface area contributed by atoms with Crippen molar-refractivity contribution in [2.24, 2.45) is 0 Å². The molecular weight excluding hydrogens is 1260 g/mol. The first-order valence-electron chi connectivity index (χ1n) is 28.1. The van der Waals surface area contributed by atoms with Crippen molar-refractivity contribution in [2.45, 2.75) is 242 Å². The van der Waals surface area contributed by atoms with Crippen molar-refractivity contribution >= 4 is 28.1 Å². The van der Waals surface area contributed by atoms with Crippen LogP contribution in [0.15, 0.2) is 0 Å². The van der Waals surface area contributed by atoms with Crippen LogP contribution >= 0.6 is 0 Å². The molecule has 90 heavy (non-hydrogen) atoms. The molecule has 0 saturated carbocycles. The van der Waals surface area contributed by atoms with Crippen molar-refractivity contribution in [1.29, 1.82) is 0 Å². The third-order valence-corrected chi connectivity index (χ3v) is 16.3. The zero-order valence-corrected chi connectivity index (χ0v) is 48.9. The van der Waals surface area contributed by atoms with Crippen LogP contribution in [0.2, 0.25) is 0 Å². The Morgan fingerprint density at radius 2 is 0.767 bits per heavy atom. The predicted octanol–water partition coefficient (Wildman–Crippen LogP) is -15.0. The summed E-state index contributed by atoms with van der Waals surface area (Å²) in [5.74, 6) is -2.60. The molecule has 0 bridgehead atoms. The predicted molar refractivity (Wildman–Crippen MR) is 276 cm³/mol. The molecular formula is C48H81N3O38S. The number of rotatable bonds is 23. The van der Waals surface area contributed by atoms with Gasteiger partial charge in [-0.2, -0.15) is 8.42 Å². The quantitative estimate of drug-likeness (QED) is 0.0422. The normalized spacial score (nSPS) is 47.9. The molecule has 522 valence electrons. The second-order valence-electron chi connectivity index (χ2n) is 22.4. The van der Waals surface area contributed by atoms with Gasteiger partial charge in [-0.25, -0.2) is 4.18 Å². The lowest BCUT2D eigenvalue weighted by Crippen LogP contribution is -2.70. The van der Waals surface area contributed by atoms with E-state index in [1.807, 2.05) is 0 Å². The third-order valence-electron chi connectivity index (χ3n) is 15.9. The van der Waals surface area contributed by atoms with Crippen molar-refractivity contribution in [1.82, 2.24) is 16.0 Å². The van der Waals surface area contributed by atoms with Gasteiger partial charge in [-0.1, -0.05) is 0 Å². The van der Waals surface area contributed by atoms with Crippen LogP contribution in [0.1, 0.15) is 27.7 Å². The number of nitrogens with one attached hydrogen (secondary N) is 3. The van der Waals surface area contributed by atoms with E-state index in [-0.39, 0.29) is 0 Å². The van der Waals surface area contributed by atoms with E-state index >= 15 is 0 Å². The average Bonchev–Trinajstić information content (AvgIpc) is 0.867. The summed E-state index contributed by atoms with van der Waals surface area (Å²) in [5.41, 5.74) is 0. The highest BCUT2D eigenvalue weighted by Gasteiger charge is 2.58. The van der Waals surface area contributed by atoms with Gasteiger partial charge in [0.25, 0.3) is 0 Å². The second kappa shape index (κ2) is 31.7. The lowest BCUT2D eigenvalue weighted by molar-refractivity contribution is -0.387. The molecule has 7 saturated heterocycles. The second-order valence-corrected chi connectivity index (χ2v) is 23.5. The van der Waals surface area contributed by atoms with Crippen molar-refractivity contribution in [2.75, 3.05) is 39.6 Å². The fourth-order valence-electron chi connectivity index (χ4n) is 11.1. The minimum Gasteiger partial charge on any atom is -0.394 e. The largest absolute Gasteiger partial charge is 0.397 e. The SMILES string of the molecule is CC(=O)N[C@@H]1[C@@H](O)[C@H](O[C@@H]2O[C@H](CO)[C@@H](O[C@@H]3O[C@H](CO[C@H]4O[C@H](CO)[C@@H](O)[C@H](O)[C@@H]4O[C@@H]4O[C@H](COS(=O)(=O)O)[C@@H](O)[C@H](O)[C@H]4NC(C)=O)[C@@H](O)[C@H](O[C@H]4O[C@H](CO)[C@@H](O)[C@H](O)[C@@H]4O)[C@@H]3O)[C@H](O)[C@H]2NC(C)=O)[C@@H](CO[C@@H]2O[C@@H](C)[C@@H](O)[C@@H](O)[C@@H]2O)O[C@H]1O. The standard InChI is InChI=1S/C48H81N3O38S/c1-11-24(58)32(66)35(69)45(79-11)76-9-20-39(30(64)21(42(72)80-20)49-12(2)55)86-44-23(51-14(4)57)31(65)38(17(7-54)83-44)87-47-37(71)40(88-46-36(70)33(67)25(59)15(5-52)81-46)28(62)18(85-47)8-77-48-41(34(68)26(60)16(6-53)82-48)89-43-22(50-13(3)56)29(63)27(61)19(84-43)10-78-90(73,74)75/h11,15-48,52-54,58-72H,5-10H2,1-4H3,(H,49,55)(H,50,56)(H,51,57)(H,73,74,75)/t11-,15+,16+,17+,18+,19+,20+,21+,22+,23+,24+,25+,26+,27+,28+,29+,30+,31+,32+,33-,34-,35-,36-,37-,38+,39+,40-,41-,42+,43-,44-,45+,46+,47-,48-/m0/s1. The Hall–Kier alpha value is -2.96. The van der Waals surface area contributed by atoms with Crippen molar-refractivity contribution < 1.29 is 185 Å². The molecule has 7 rings (SSSR count). The highest BCUT2D eigenvalue weighted by molar-refractivity contribution is 7.80. The van der Waals surface area contributed by atoms with Gasteiger partial charge >= 0.3 is 10.4 Å². The summed E-state index contributed by atoms with van der Waals surface area (Å²) in [5, 5.41) is 204. The molecule has 7 aliphatic rings. The molecule has 0 aromatic heterocycles. The number of aliphatic hydroxyl groups is 18. The minimum absolute atomic E-state index is 0.787. The van der Waals surface area contributed by atoms with Crippen LogP contribution in [0.5, 0.6) is 0 Å². The first kappa shape index (κ1) is 74.4. The summed E-state index contributed by atoms with van der Waals surface area (Å²) in [6, 6.07) is -5.39. The van der Waals surface area contributed by atoms with E-state index in [0.717, 1.165) is 20.8 Å². The van der Waals surface area contributed by atoms with E-state index in [4.69, 9.17) is 61.6 Å². The first-order valence-corrected chi connectivity index (χ1v) is 29.5. The van der Waals surface area contributed by atoms with Crippen molar-refractivity contribution in [3.05, 3.63) is 0 Å². The number of hydrogen-bond acceptors (Lipinski definition) is 37. The Labute approximate surface area is 510 Å². The van der Waals surface area contributed by atoms with Crippen LogP contribution in [0.3, 0.4) is 0 Å². The van der Waals surface area contributed by atoms with Crippen LogP contribution in [-0.4, -0.2) is 377 Å². The summed E-state index contributed by atoms with van der Waals surface area (Å²) < 4.78 is 112. The summed E-state index contributed by atoms with van der Waals surface area (Å²) in [7, 11) is -5.21. The van der Waals surface area contributed by atoms with E-state index in [0.29, 0.717) is 0 Å². The Balaban J connectivity index is 1.18. The van der Waals surface area contributed by atoms with E-state index in [1.54, 1.807) is 0 Å². The third kappa shape index (κ3) is 17.2. The monoisotopic (exact) mass is 1340 g/mol. The average molecular weight is 1340 g/mol. The highest BCUT2D eigenvalue weighted by Crippen LogP contribution is 2.37. The molecule has 0 radical (unpaired) electrons. The van der Waals surface area contributed by atoms with Gasteiger partial charge in [-0.05, 0) is 6.92 Å². The van der Waals surface area contributed by atoms with Gasteiger partial charge in [0.05, 0.1) is 45.7 Å². The van der Waals surface area contributed by atoms with E-state index in [2.05, 4.69) is 20.1 Å². The molecule has 7 fully saturated rings. The molecule has 7 aliphatic heterocycles. The lowest BCUT2D eigenvalue weighted by atomic mass is 9.93. The van der Waals surface area contributed by atoms with Crippen LogP contribution < -0.4 is 16.0 Å². The van der Waals surface area contributed by atoms with Crippen LogP contribution in [0.4, 0.5) is 0 Å².